The first-order valence-corrected chi connectivity index (χ1v) is 8.02. The number of fused-ring (bicyclic) bond motifs is 2. The molecule has 4 rings (SSSR count). The third-order valence-corrected chi connectivity index (χ3v) is 4.33. The standard InChI is InChI=1S/C20H15N3O3/c1-11-5-4-8-14-17(11)21-20(26)18(14)22-23-19(25)15-9-12-6-2-3-7-13(12)10-16(15)24/h2-10,21,24,26H,1H3. The van der Waals surface area contributed by atoms with E-state index in [2.05, 4.69) is 15.2 Å². The molecule has 1 aromatic heterocycles. The molecular formula is C20H15N3O3. The van der Waals surface area contributed by atoms with Crippen molar-refractivity contribution in [3.63, 3.8) is 0 Å². The monoisotopic (exact) mass is 345 g/mol. The number of azo groups is 1. The van der Waals surface area contributed by atoms with Crippen LogP contribution in [0.15, 0.2) is 64.8 Å². The number of phenols is 1. The van der Waals surface area contributed by atoms with Crippen molar-refractivity contribution in [2.24, 2.45) is 10.2 Å². The molecule has 0 unspecified atom stereocenters. The molecule has 0 atom stereocenters. The normalized spacial score (nSPS) is 11.6. The van der Waals surface area contributed by atoms with E-state index in [1.807, 2.05) is 43.3 Å². The predicted octanol–water partition coefficient (Wildman–Crippen LogP) is 4.96. The maximum Gasteiger partial charge on any atom is 0.299 e. The van der Waals surface area contributed by atoms with Gasteiger partial charge in [-0.15, -0.1) is 10.2 Å². The molecule has 1 heterocycles. The summed E-state index contributed by atoms with van der Waals surface area (Å²) >= 11 is 0. The number of nitrogens with one attached hydrogen (secondary N) is 1. The Morgan fingerprint density at radius 3 is 2.50 bits per heavy atom. The number of aromatic nitrogens is 1. The first-order valence-electron chi connectivity index (χ1n) is 8.02. The van der Waals surface area contributed by atoms with Gasteiger partial charge < -0.3 is 15.2 Å². The number of carbonyl (C=O) groups excluding carboxylic acids is 1. The number of hydrogen-bond donors (Lipinski definition) is 3. The zero-order valence-corrected chi connectivity index (χ0v) is 13.9. The lowest BCUT2D eigenvalue weighted by molar-refractivity contribution is 0.0992. The maximum absolute atomic E-state index is 12.4. The quantitative estimate of drug-likeness (QED) is 0.448. The molecule has 0 aliphatic heterocycles. The SMILES string of the molecule is Cc1cccc2c(N=NC(=O)c3cc4ccccc4cc3O)c(O)[nH]c12. The number of hydrogen-bond acceptors (Lipinski definition) is 4. The number of carbonyl (C=O) groups is 1. The van der Waals surface area contributed by atoms with Crippen LogP contribution in [0.3, 0.4) is 0 Å². The van der Waals surface area contributed by atoms with Gasteiger partial charge in [0.15, 0.2) is 5.69 Å². The third-order valence-electron chi connectivity index (χ3n) is 4.33. The lowest BCUT2D eigenvalue weighted by Gasteiger charge is -2.03. The smallest absolute Gasteiger partial charge is 0.299 e. The van der Waals surface area contributed by atoms with E-state index in [0.717, 1.165) is 21.9 Å². The average Bonchev–Trinajstić information content (AvgIpc) is 2.96. The summed E-state index contributed by atoms with van der Waals surface area (Å²) in [7, 11) is 0. The number of amides is 1. The highest BCUT2D eigenvalue weighted by Gasteiger charge is 2.15. The highest BCUT2D eigenvalue weighted by atomic mass is 16.3. The second-order valence-corrected chi connectivity index (χ2v) is 6.04. The summed E-state index contributed by atoms with van der Waals surface area (Å²) in [6.07, 6.45) is 0. The fourth-order valence-electron chi connectivity index (χ4n) is 2.99. The van der Waals surface area contributed by atoms with Crippen molar-refractivity contribution in [3.8, 4) is 11.6 Å². The molecule has 3 N–H and O–H groups in total. The van der Waals surface area contributed by atoms with E-state index in [4.69, 9.17) is 0 Å². The van der Waals surface area contributed by atoms with Gasteiger partial charge in [0.2, 0.25) is 5.88 Å². The van der Waals surface area contributed by atoms with E-state index < -0.39 is 5.91 Å². The highest BCUT2D eigenvalue weighted by molar-refractivity contribution is 6.02. The fraction of sp³-hybridized carbons (Fsp3) is 0.0500. The molecule has 1 amide bonds. The minimum atomic E-state index is -0.686. The molecule has 0 aliphatic rings. The van der Waals surface area contributed by atoms with Gasteiger partial charge in [0, 0.05) is 5.39 Å². The predicted molar refractivity (Wildman–Crippen MR) is 99.2 cm³/mol. The van der Waals surface area contributed by atoms with E-state index >= 15 is 0 Å². The van der Waals surface area contributed by atoms with E-state index in [1.165, 1.54) is 6.07 Å². The van der Waals surface area contributed by atoms with Crippen LogP contribution in [0.2, 0.25) is 0 Å². The molecule has 6 heteroatoms. The van der Waals surface area contributed by atoms with Crippen molar-refractivity contribution in [3.05, 3.63) is 65.7 Å². The van der Waals surface area contributed by atoms with Gasteiger partial charge in [-0.25, -0.2) is 0 Å². The van der Waals surface area contributed by atoms with Gasteiger partial charge in [0.1, 0.15) is 5.75 Å². The molecule has 128 valence electrons. The Morgan fingerprint density at radius 1 is 1.00 bits per heavy atom. The van der Waals surface area contributed by atoms with Crippen LogP contribution in [-0.2, 0) is 0 Å². The Balaban J connectivity index is 1.74. The number of nitrogens with zero attached hydrogens (tertiary/aromatic N) is 2. The molecule has 0 spiro atoms. The van der Waals surface area contributed by atoms with Crippen LogP contribution in [0.25, 0.3) is 21.7 Å². The maximum atomic E-state index is 12.4. The molecule has 0 saturated carbocycles. The van der Waals surface area contributed by atoms with Gasteiger partial charge in [-0.05, 0) is 35.4 Å². The molecule has 4 aromatic rings. The van der Waals surface area contributed by atoms with Crippen LogP contribution >= 0.6 is 0 Å². The summed E-state index contributed by atoms with van der Waals surface area (Å²) in [4.78, 5) is 15.2. The minimum Gasteiger partial charge on any atom is -0.507 e. The number of H-pyrrole nitrogens is 1. The Kier molecular flexibility index (Phi) is 3.65. The van der Waals surface area contributed by atoms with Crippen LogP contribution < -0.4 is 0 Å². The third kappa shape index (κ3) is 2.57. The summed E-state index contributed by atoms with van der Waals surface area (Å²) in [6.45, 7) is 1.90. The molecule has 0 fully saturated rings. The summed E-state index contributed by atoms with van der Waals surface area (Å²) in [5, 5.41) is 30.1. The number of aromatic amines is 1. The van der Waals surface area contributed by atoms with Gasteiger partial charge in [0.05, 0.1) is 11.1 Å². The first kappa shape index (κ1) is 15.8. The van der Waals surface area contributed by atoms with Crippen molar-refractivity contribution < 1.29 is 15.0 Å². The van der Waals surface area contributed by atoms with Crippen molar-refractivity contribution in [2.75, 3.05) is 0 Å². The van der Waals surface area contributed by atoms with E-state index in [9.17, 15) is 15.0 Å². The van der Waals surface area contributed by atoms with E-state index in [-0.39, 0.29) is 22.9 Å². The molecular weight excluding hydrogens is 330 g/mol. The molecule has 6 nitrogen and oxygen atoms in total. The fourth-order valence-corrected chi connectivity index (χ4v) is 2.99. The topological polar surface area (TPSA) is 98.0 Å². The highest BCUT2D eigenvalue weighted by Crippen LogP contribution is 2.37. The van der Waals surface area contributed by atoms with Crippen LogP contribution in [0.1, 0.15) is 15.9 Å². The number of aromatic hydroxyl groups is 2. The van der Waals surface area contributed by atoms with Gasteiger partial charge in [0.25, 0.3) is 5.91 Å². The number of phenolic OH excluding ortho intramolecular Hbond substituents is 1. The summed E-state index contributed by atoms with van der Waals surface area (Å²) < 4.78 is 0. The van der Waals surface area contributed by atoms with Crippen molar-refractivity contribution >= 4 is 33.3 Å². The van der Waals surface area contributed by atoms with Crippen molar-refractivity contribution in [2.45, 2.75) is 6.92 Å². The average molecular weight is 345 g/mol. The zero-order chi connectivity index (χ0) is 18.3. The largest absolute Gasteiger partial charge is 0.507 e. The van der Waals surface area contributed by atoms with Gasteiger partial charge >= 0.3 is 0 Å². The Morgan fingerprint density at radius 2 is 1.73 bits per heavy atom. The molecule has 0 aliphatic carbocycles. The number of benzene rings is 3. The second kappa shape index (κ2) is 6.00. The number of rotatable bonds is 2. The number of aryl methyl sites for hydroxylation is 1. The van der Waals surface area contributed by atoms with Gasteiger partial charge in [-0.3, -0.25) is 4.79 Å². The molecule has 0 saturated heterocycles. The minimum absolute atomic E-state index is 0.0583. The van der Waals surface area contributed by atoms with Crippen molar-refractivity contribution in [1.82, 2.24) is 4.98 Å². The lowest BCUT2D eigenvalue weighted by Crippen LogP contribution is -1.94. The molecule has 3 aromatic carbocycles. The summed E-state index contributed by atoms with van der Waals surface area (Å²) in [5.41, 5.74) is 1.93. The first-order chi connectivity index (χ1) is 12.5. The van der Waals surface area contributed by atoms with Crippen LogP contribution in [-0.4, -0.2) is 21.1 Å². The Hall–Kier alpha value is -3.67. The zero-order valence-electron chi connectivity index (χ0n) is 13.9. The van der Waals surface area contributed by atoms with E-state index in [1.54, 1.807) is 12.1 Å². The molecule has 0 bridgehead atoms. The molecule has 26 heavy (non-hydrogen) atoms. The van der Waals surface area contributed by atoms with E-state index in [0.29, 0.717) is 5.39 Å². The van der Waals surface area contributed by atoms with Gasteiger partial charge in [-0.1, -0.05) is 42.5 Å². The van der Waals surface area contributed by atoms with Gasteiger partial charge in [-0.2, -0.15) is 0 Å². The van der Waals surface area contributed by atoms with Crippen LogP contribution in [0.5, 0.6) is 11.6 Å². The Bertz CT molecular complexity index is 1190. The summed E-state index contributed by atoms with van der Waals surface area (Å²) in [5.74, 6) is -1.00. The lowest BCUT2D eigenvalue weighted by atomic mass is 10.1. The summed E-state index contributed by atoms with van der Waals surface area (Å²) in [6, 6.07) is 16.0. The molecule has 0 radical (unpaired) electrons. The van der Waals surface area contributed by atoms with Crippen LogP contribution in [0.4, 0.5) is 5.69 Å². The second-order valence-electron chi connectivity index (χ2n) is 6.04. The van der Waals surface area contributed by atoms with Crippen molar-refractivity contribution in [1.29, 1.82) is 0 Å². The number of para-hydroxylation sites is 1. The van der Waals surface area contributed by atoms with Crippen LogP contribution in [0, 0.1) is 6.92 Å². The Labute approximate surface area is 148 Å².